The first-order valence-corrected chi connectivity index (χ1v) is 12.0. The van der Waals surface area contributed by atoms with Crippen LogP contribution in [0.5, 0.6) is 5.75 Å². The molecule has 3 heteroatoms. The van der Waals surface area contributed by atoms with Crippen LogP contribution in [0.3, 0.4) is 0 Å². The largest absolute Gasteiger partial charge is 0.467 e. The summed E-state index contributed by atoms with van der Waals surface area (Å²) in [6, 6.07) is 14.9. The number of rotatable bonds is 6. The van der Waals surface area contributed by atoms with Gasteiger partial charge in [0.2, 0.25) is 0 Å². The molecule has 0 radical (unpaired) electrons. The van der Waals surface area contributed by atoms with E-state index in [1.807, 2.05) is 6.92 Å². The fourth-order valence-electron chi connectivity index (χ4n) is 6.63. The lowest BCUT2D eigenvalue weighted by Crippen LogP contribution is -2.48. The van der Waals surface area contributed by atoms with E-state index in [0.717, 1.165) is 34.6 Å². The lowest BCUT2D eigenvalue weighted by atomic mass is 9.48. The van der Waals surface area contributed by atoms with Gasteiger partial charge in [0, 0.05) is 23.8 Å². The van der Waals surface area contributed by atoms with Crippen LogP contribution in [0.25, 0.3) is 0 Å². The van der Waals surface area contributed by atoms with E-state index in [1.165, 1.54) is 49.7 Å². The van der Waals surface area contributed by atoms with E-state index in [-0.39, 0.29) is 18.5 Å². The molecule has 0 aliphatic heterocycles. The molecular weight excluding hydrogens is 396 g/mol. The Bertz CT molecular complexity index is 976. The van der Waals surface area contributed by atoms with Gasteiger partial charge in [0.1, 0.15) is 5.75 Å². The molecular formula is C29H34O3. The topological polar surface area (TPSA) is 27.7 Å². The van der Waals surface area contributed by atoms with Crippen molar-refractivity contribution in [2.24, 2.45) is 17.8 Å². The molecule has 1 unspecified atom stereocenters. The van der Waals surface area contributed by atoms with Gasteiger partial charge in [-0.05, 0) is 106 Å². The van der Waals surface area contributed by atoms with Crippen LogP contribution < -0.4 is 4.74 Å². The Labute approximate surface area is 192 Å². The van der Waals surface area contributed by atoms with Gasteiger partial charge in [-0.2, -0.15) is 0 Å². The first-order valence-electron chi connectivity index (χ1n) is 12.0. The summed E-state index contributed by atoms with van der Waals surface area (Å²) in [5.41, 5.74) is 4.95. The number of aryl methyl sites for hydroxylation is 1. The number of hydrogen-bond acceptors (Lipinski definition) is 3. The minimum absolute atomic E-state index is 0.197. The minimum atomic E-state index is -0.280. The van der Waals surface area contributed by atoms with Gasteiger partial charge in [0.25, 0.3) is 0 Å². The van der Waals surface area contributed by atoms with Crippen molar-refractivity contribution in [2.75, 3.05) is 13.9 Å². The maximum absolute atomic E-state index is 6.18. The predicted molar refractivity (Wildman–Crippen MR) is 127 cm³/mol. The number of hydrogen-bond donors (Lipinski definition) is 0. The molecule has 2 aromatic rings. The highest BCUT2D eigenvalue weighted by Gasteiger charge is 2.52. The van der Waals surface area contributed by atoms with E-state index in [9.17, 15) is 0 Å². The number of benzene rings is 2. The van der Waals surface area contributed by atoms with Crippen molar-refractivity contribution in [3.8, 4) is 17.6 Å². The smallest absolute Gasteiger partial charge is 0.191 e. The van der Waals surface area contributed by atoms with Crippen molar-refractivity contribution in [3.63, 3.8) is 0 Å². The summed E-state index contributed by atoms with van der Waals surface area (Å²) in [5.74, 6) is 10.3. The van der Waals surface area contributed by atoms with Crippen LogP contribution in [0, 0.1) is 36.5 Å². The van der Waals surface area contributed by atoms with E-state index in [1.54, 1.807) is 7.11 Å². The zero-order valence-electron chi connectivity index (χ0n) is 19.5. The highest BCUT2D eigenvalue weighted by Crippen LogP contribution is 2.61. The van der Waals surface area contributed by atoms with Crippen molar-refractivity contribution < 1.29 is 14.2 Å². The third kappa shape index (κ3) is 4.45. The molecule has 168 valence electrons. The SMILES string of the molecule is COC(C)OCOc1ccc(C#Cc2ccc(C)cc2)cc1C12CC3CC(CC(C3)C1)C2. The highest BCUT2D eigenvalue weighted by molar-refractivity contribution is 5.51. The van der Waals surface area contributed by atoms with Gasteiger partial charge in [-0.15, -0.1) is 0 Å². The van der Waals surface area contributed by atoms with E-state index in [0.29, 0.717) is 0 Å². The summed E-state index contributed by atoms with van der Waals surface area (Å²) in [4.78, 5) is 0. The van der Waals surface area contributed by atoms with Crippen LogP contribution >= 0.6 is 0 Å². The lowest BCUT2D eigenvalue weighted by Gasteiger charge is -2.57. The van der Waals surface area contributed by atoms with Crippen molar-refractivity contribution in [1.82, 2.24) is 0 Å². The molecule has 0 saturated heterocycles. The third-order valence-corrected chi connectivity index (χ3v) is 7.84. The summed E-state index contributed by atoms with van der Waals surface area (Å²) < 4.78 is 17.0. The predicted octanol–water partition coefficient (Wildman–Crippen LogP) is 6.21. The number of ether oxygens (including phenoxy) is 3. The van der Waals surface area contributed by atoms with Gasteiger partial charge in [0.05, 0.1) is 0 Å². The fourth-order valence-corrected chi connectivity index (χ4v) is 6.63. The molecule has 6 rings (SSSR count). The van der Waals surface area contributed by atoms with Crippen LogP contribution in [0.2, 0.25) is 0 Å². The van der Waals surface area contributed by atoms with Crippen LogP contribution in [0.15, 0.2) is 42.5 Å². The lowest BCUT2D eigenvalue weighted by molar-refractivity contribution is -0.150. The summed E-state index contributed by atoms with van der Waals surface area (Å²) in [6.45, 7) is 4.18. The second-order valence-corrected chi connectivity index (χ2v) is 10.3. The van der Waals surface area contributed by atoms with Crippen molar-refractivity contribution in [3.05, 3.63) is 64.7 Å². The zero-order chi connectivity index (χ0) is 22.1. The minimum Gasteiger partial charge on any atom is -0.467 e. The standard InChI is InChI=1S/C29H34O3/c1-20-4-6-22(7-5-20)8-9-23-10-11-28(32-19-31-21(2)30-3)27(15-23)29-16-24-12-25(17-29)14-26(13-24)18-29/h4-7,10-11,15,21,24-26H,12-14,16-19H2,1-3H3. The third-order valence-electron chi connectivity index (χ3n) is 7.84. The van der Waals surface area contributed by atoms with Gasteiger partial charge in [0.15, 0.2) is 13.1 Å². The molecule has 4 saturated carbocycles. The van der Waals surface area contributed by atoms with Gasteiger partial charge >= 0.3 is 0 Å². The average molecular weight is 431 g/mol. The zero-order valence-corrected chi connectivity index (χ0v) is 19.5. The molecule has 3 nitrogen and oxygen atoms in total. The Balaban J connectivity index is 1.46. The Kier molecular flexibility index (Phi) is 6.01. The first-order chi connectivity index (χ1) is 15.5. The van der Waals surface area contributed by atoms with E-state index >= 15 is 0 Å². The van der Waals surface area contributed by atoms with Gasteiger partial charge < -0.3 is 14.2 Å². The molecule has 0 N–H and O–H groups in total. The van der Waals surface area contributed by atoms with E-state index in [2.05, 4.69) is 61.2 Å². The molecule has 4 aliphatic carbocycles. The monoisotopic (exact) mass is 430 g/mol. The molecule has 0 spiro atoms. The van der Waals surface area contributed by atoms with Crippen LogP contribution in [-0.2, 0) is 14.9 Å². The molecule has 1 atom stereocenters. The molecule has 4 bridgehead atoms. The summed E-state index contributed by atoms with van der Waals surface area (Å²) >= 11 is 0. The maximum Gasteiger partial charge on any atom is 0.191 e. The normalized spacial score (nSPS) is 28.8. The highest BCUT2D eigenvalue weighted by atomic mass is 16.7. The summed E-state index contributed by atoms with van der Waals surface area (Å²) in [7, 11) is 1.65. The van der Waals surface area contributed by atoms with Crippen molar-refractivity contribution in [1.29, 1.82) is 0 Å². The average Bonchev–Trinajstić information content (AvgIpc) is 2.78. The molecule has 0 aromatic heterocycles. The van der Waals surface area contributed by atoms with Gasteiger partial charge in [-0.25, -0.2) is 0 Å². The molecule has 0 heterocycles. The van der Waals surface area contributed by atoms with Gasteiger partial charge in [-0.3, -0.25) is 0 Å². The van der Waals surface area contributed by atoms with Crippen molar-refractivity contribution >= 4 is 0 Å². The Morgan fingerprint density at radius 2 is 1.50 bits per heavy atom. The number of methoxy groups -OCH3 is 1. The van der Waals surface area contributed by atoms with Crippen LogP contribution in [-0.4, -0.2) is 20.2 Å². The summed E-state index contributed by atoms with van der Waals surface area (Å²) in [5, 5.41) is 0. The Morgan fingerprint density at radius 3 is 2.12 bits per heavy atom. The second kappa shape index (κ2) is 8.93. The Hall–Kier alpha value is -2.28. The Morgan fingerprint density at radius 1 is 0.906 bits per heavy atom. The fraction of sp³-hybridized carbons (Fsp3) is 0.517. The summed E-state index contributed by atoms with van der Waals surface area (Å²) in [6.07, 6.45) is 7.88. The van der Waals surface area contributed by atoms with Crippen LogP contribution in [0.1, 0.15) is 67.7 Å². The molecule has 0 amide bonds. The quantitative estimate of drug-likeness (QED) is 0.403. The van der Waals surface area contributed by atoms with E-state index < -0.39 is 0 Å². The van der Waals surface area contributed by atoms with E-state index in [4.69, 9.17) is 14.2 Å². The van der Waals surface area contributed by atoms with Crippen molar-refractivity contribution in [2.45, 2.75) is 64.1 Å². The van der Waals surface area contributed by atoms with Crippen LogP contribution in [0.4, 0.5) is 0 Å². The molecule has 4 fully saturated rings. The van der Waals surface area contributed by atoms with Gasteiger partial charge in [-0.1, -0.05) is 29.5 Å². The molecule has 4 aliphatic rings. The second-order valence-electron chi connectivity index (χ2n) is 10.3. The molecule has 32 heavy (non-hydrogen) atoms. The first kappa shape index (κ1) is 21.6. The molecule has 2 aromatic carbocycles. The maximum atomic E-state index is 6.18.